The van der Waals surface area contributed by atoms with Crippen molar-refractivity contribution in [2.75, 3.05) is 13.1 Å². The third kappa shape index (κ3) is 6.10. The van der Waals surface area contributed by atoms with E-state index >= 15 is 0 Å². The molecule has 1 aromatic carbocycles. The number of amides is 2. The molecule has 104 valence electrons. The van der Waals surface area contributed by atoms with E-state index in [1.807, 2.05) is 0 Å². The van der Waals surface area contributed by atoms with E-state index in [1.54, 1.807) is 17.4 Å². The van der Waals surface area contributed by atoms with Gasteiger partial charge in [-0.3, -0.25) is 9.59 Å². The molecule has 19 heavy (non-hydrogen) atoms. The van der Waals surface area contributed by atoms with Gasteiger partial charge in [0.15, 0.2) is 0 Å². The maximum absolute atomic E-state index is 11.8. The average molecular weight is 295 g/mol. The highest BCUT2D eigenvalue weighted by Gasteiger charge is 2.27. The van der Waals surface area contributed by atoms with E-state index in [2.05, 4.69) is 5.32 Å². The molecule has 8 heteroatoms. The van der Waals surface area contributed by atoms with Crippen LogP contribution < -0.4 is 10.6 Å². The summed E-state index contributed by atoms with van der Waals surface area (Å²) in [4.78, 5) is 22.6. The van der Waals surface area contributed by atoms with Crippen molar-refractivity contribution in [2.24, 2.45) is 0 Å². The Morgan fingerprint density at radius 3 is 2.47 bits per heavy atom. The molecule has 2 N–H and O–H groups in total. The van der Waals surface area contributed by atoms with Crippen LogP contribution in [0, 0.1) is 0 Å². The van der Waals surface area contributed by atoms with E-state index in [1.165, 1.54) is 12.1 Å². The van der Waals surface area contributed by atoms with Gasteiger partial charge < -0.3 is 10.6 Å². The van der Waals surface area contributed by atoms with Gasteiger partial charge >= 0.3 is 6.18 Å². The van der Waals surface area contributed by atoms with Crippen molar-refractivity contribution in [1.29, 1.82) is 0 Å². The Morgan fingerprint density at radius 2 is 1.89 bits per heavy atom. The Kier molecular flexibility index (Phi) is 5.17. The summed E-state index contributed by atoms with van der Waals surface area (Å²) in [7, 11) is 0. The molecular formula is C11H10ClF3N2O2. The zero-order chi connectivity index (χ0) is 14.5. The molecule has 0 saturated heterocycles. The quantitative estimate of drug-likeness (QED) is 0.889. The van der Waals surface area contributed by atoms with E-state index < -0.39 is 31.1 Å². The second kappa shape index (κ2) is 6.42. The fourth-order valence-electron chi connectivity index (χ4n) is 1.15. The first-order valence-electron chi connectivity index (χ1n) is 5.15. The van der Waals surface area contributed by atoms with Crippen LogP contribution in [-0.4, -0.2) is 31.1 Å². The highest BCUT2D eigenvalue weighted by Crippen LogP contribution is 2.12. The zero-order valence-corrected chi connectivity index (χ0v) is 10.3. The lowest BCUT2D eigenvalue weighted by Crippen LogP contribution is -2.40. The van der Waals surface area contributed by atoms with Crippen molar-refractivity contribution in [3.8, 4) is 0 Å². The van der Waals surface area contributed by atoms with Crippen molar-refractivity contribution >= 4 is 23.4 Å². The van der Waals surface area contributed by atoms with Gasteiger partial charge in [-0.05, 0) is 18.2 Å². The molecule has 0 heterocycles. The van der Waals surface area contributed by atoms with Gasteiger partial charge in [0.1, 0.15) is 6.54 Å². The molecular weight excluding hydrogens is 285 g/mol. The lowest BCUT2D eigenvalue weighted by atomic mass is 10.2. The Balaban J connectivity index is 2.40. The lowest BCUT2D eigenvalue weighted by Gasteiger charge is -2.09. The number of rotatable bonds is 4. The summed E-state index contributed by atoms with van der Waals surface area (Å²) in [5.74, 6) is -1.52. The fourth-order valence-corrected chi connectivity index (χ4v) is 1.34. The molecule has 4 nitrogen and oxygen atoms in total. The smallest absolute Gasteiger partial charge is 0.345 e. The third-order valence-corrected chi connectivity index (χ3v) is 2.22. The van der Waals surface area contributed by atoms with Gasteiger partial charge in [-0.25, -0.2) is 0 Å². The van der Waals surface area contributed by atoms with Gasteiger partial charge in [-0.15, -0.1) is 0 Å². The molecule has 0 aromatic heterocycles. The van der Waals surface area contributed by atoms with E-state index in [0.717, 1.165) is 0 Å². The molecule has 1 rings (SSSR count). The molecule has 0 radical (unpaired) electrons. The van der Waals surface area contributed by atoms with Crippen LogP contribution in [0.15, 0.2) is 24.3 Å². The molecule has 0 atom stereocenters. The number of hydrogen-bond acceptors (Lipinski definition) is 2. The molecule has 0 aliphatic heterocycles. The van der Waals surface area contributed by atoms with Gasteiger partial charge in [0.2, 0.25) is 5.91 Å². The minimum atomic E-state index is -4.48. The average Bonchev–Trinajstić information content (AvgIpc) is 2.32. The molecule has 0 saturated carbocycles. The van der Waals surface area contributed by atoms with E-state index in [4.69, 9.17) is 11.6 Å². The first-order chi connectivity index (χ1) is 8.78. The summed E-state index contributed by atoms with van der Waals surface area (Å²) in [5.41, 5.74) is 0.219. The summed E-state index contributed by atoms with van der Waals surface area (Å²) < 4.78 is 35.4. The van der Waals surface area contributed by atoms with E-state index in [0.29, 0.717) is 5.02 Å². The van der Waals surface area contributed by atoms with Crippen LogP contribution >= 0.6 is 11.6 Å². The first kappa shape index (κ1) is 15.3. The predicted molar refractivity (Wildman–Crippen MR) is 62.8 cm³/mol. The lowest BCUT2D eigenvalue weighted by molar-refractivity contribution is -0.137. The van der Waals surface area contributed by atoms with Crippen LogP contribution in [0.3, 0.4) is 0 Å². The van der Waals surface area contributed by atoms with Crippen molar-refractivity contribution in [1.82, 2.24) is 10.6 Å². The van der Waals surface area contributed by atoms with Gasteiger partial charge in [-0.1, -0.05) is 17.7 Å². The van der Waals surface area contributed by atoms with Gasteiger partial charge in [0, 0.05) is 10.6 Å². The highest BCUT2D eigenvalue weighted by molar-refractivity contribution is 6.30. The molecule has 0 bridgehead atoms. The van der Waals surface area contributed by atoms with Crippen LogP contribution in [0.25, 0.3) is 0 Å². The largest absolute Gasteiger partial charge is 0.405 e. The minimum absolute atomic E-state index is 0.219. The Bertz CT molecular complexity index is 477. The Morgan fingerprint density at radius 1 is 1.21 bits per heavy atom. The Hall–Kier alpha value is -1.76. The maximum Gasteiger partial charge on any atom is 0.405 e. The van der Waals surface area contributed by atoms with Gasteiger partial charge in [-0.2, -0.15) is 13.2 Å². The van der Waals surface area contributed by atoms with E-state index in [-0.39, 0.29) is 5.56 Å². The third-order valence-electron chi connectivity index (χ3n) is 1.98. The summed E-state index contributed by atoms with van der Waals surface area (Å²) in [5, 5.41) is 4.16. The fraction of sp³-hybridized carbons (Fsp3) is 0.273. The zero-order valence-electron chi connectivity index (χ0n) is 9.55. The van der Waals surface area contributed by atoms with Crippen molar-refractivity contribution in [2.45, 2.75) is 6.18 Å². The molecule has 0 fully saturated rings. The van der Waals surface area contributed by atoms with Crippen molar-refractivity contribution < 1.29 is 22.8 Å². The standard InChI is InChI=1S/C11H10ClF3N2O2/c12-8-3-1-2-7(4-8)10(19)16-5-9(18)17-6-11(13,14)15/h1-4H,5-6H2,(H,16,19)(H,17,18). The number of alkyl halides is 3. The molecule has 0 spiro atoms. The number of carbonyl (C=O) groups excluding carboxylic acids is 2. The maximum atomic E-state index is 11.8. The number of halogens is 4. The second-order valence-electron chi connectivity index (χ2n) is 3.58. The van der Waals surface area contributed by atoms with E-state index in [9.17, 15) is 22.8 Å². The number of nitrogens with one attached hydrogen (secondary N) is 2. The van der Waals surface area contributed by atoms with Crippen LogP contribution in [0.1, 0.15) is 10.4 Å². The SMILES string of the molecule is O=C(CNC(=O)c1cccc(Cl)c1)NCC(F)(F)F. The van der Waals surface area contributed by atoms with Gasteiger partial charge in [0.25, 0.3) is 5.91 Å². The van der Waals surface area contributed by atoms with Crippen LogP contribution in [0.5, 0.6) is 0 Å². The predicted octanol–water partition coefficient (Wildman–Crippen LogP) is 1.75. The van der Waals surface area contributed by atoms with Crippen molar-refractivity contribution in [3.05, 3.63) is 34.9 Å². The molecule has 1 aromatic rings. The van der Waals surface area contributed by atoms with Crippen LogP contribution in [-0.2, 0) is 4.79 Å². The van der Waals surface area contributed by atoms with Crippen LogP contribution in [0.2, 0.25) is 5.02 Å². The molecule has 0 unspecified atom stereocenters. The minimum Gasteiger partial charge on any atom is -0.345 e. The monoisotopic (exact) mass is 294 g/mol. The normalized spacial score (nSPS) is 10.9. The number of carbonyl (C=O) groups is 2. The molecule has 0 aliphatic rings. The Labute approximate surface area is 111 Å². The molecule has 2 amide bonds. The summed E-state index contributed by atoms with van der Waals surface area (Å²) in [6, 6.07) is 5.95. The first-order valence-corrected chi connectivity index (χ1v) is 5.53. The van der Waals surface area contributed by atoms with Crippen molar-refractivity contribution in [3.63, 3.8) is 0 Å². The number of benzene rings is 1. The van der Waals surface area contributed by atoms with Crippen LogP contribution in [0.4, 0.5) is 13.2 Å². The number of hydrogen-bond donors (Lipinski definition) is 2. The highest BCUT2D eigenvalue weighted by atomic mass is 35.5. The molecule has 0 aliphatic carbocycles. The summed E-state index contributed by atoms with van der Waals surface area (Å²) in [6.07, 6.45) is -4.48. The topological polar surface area (TPSA) is 58.2 Å². The second-order valence-corrected chi connectivity index (χ2v) is 4.02. The summed E-state index contributed by atoms with van der Waals surface area (Å²) in [6.45, 7) is -1.97. The summed E-state index contributed by atoms with van der Waals surface area (Å²) >= 11 is 5.67. The van der Waals surface area contributed by atoms with Gasteiger partial charge in [0.05, 0.1) is 6.54 Å².